The number of Topliss-reactive ketones (excluding diaryl/α,β-unsaturated/α-hetero) is 1. The normalized spacial score (nSPS) is 32.9. The van der Waals surface area contributed by atoms with Crippen molar-refractivity contribution in [1.29, 1.82) is 0 Å². The molecule has 0 saturated heterocycles. The van der Waals surface area contributed by atoms with Gasteiger partial charge in [0.2, 0.25) is 0 Å². The molecule has 0 heterocycles. The van der Waals surface area contributed by atoms with Gasteiger partial charge in [0.25, 0.3) is 0 Å². The summed E-state index contributed by atoms with van der Waals surface area (Å²) in [5, 5.41) is 0. The molecular formula is C35H46O3S2. The Kier molecular flexibility index (Phi) is 8.49. The van der Waals surface area contributed by atoms with E-state index in [1.165, 1.54) is 99.3 Å². The molecule has 0 aromatic heterocycles. The van der Waals surface area contributed by atoms with Crippen LogP contribution in [0.15, 0.2) is 48.5 Å². The van der Waals surface area contributed by atoms with E-state index in [4.69, 9.17) is 9.47 Å². The molecule has 0 atom stereocenters. The third-order valence-corrected chi connectivity index (χ3v) is 13.5. The van der Waals surface area contributed by atoms with E-state index in [2.05, 4.69) is 48.5 Å². The molecule has 3 nitrogen and oxygen atoms in total. The Labute approximate surface area is 249 Å². The van der Waals surface area contributed by atoms with E-state index in [0.29, 0.717) is 28.1 Å². The van der Waals surface area contributed by atoms with E-state index in [1.54, 1.807) is 23.5 Å². The molecule has 0 aliphatic heterocycles. The Morgan fingerprint density at radius 2 is 0.900 bits per heavy atom. The zero-order valence-corrected chi connectivity index (χ0v) is 26.1. The number of ether oxygens (including phenoxy) is 2. The maximum Gasteiger partial charge on any atom is 0.152 e. The Morgan fingerprint density at radius 1 is 0.575 bits per heavy atom. The van der Waals surface area contributed by atoms with Gasteiger partial charge in [-0.3, -0.25) is 4.79 Å². The molecule has 6 fully saturated rings. The maximum absolute atomic E-state index is 12.6. The minimum absolute atomic E-state index is 0.163. The quantitative estimate of drug-likeness (QED) is 0.253. The summed E-state index contributed by atoms with van der Waals surface area (Å²) in [5.41, 5.74) is 6.73. The SMILES string of the molecule is COC12CCC(c3ccc(CSCC(=O)CSCc4ccc(C56CCC(OC)(CC5)CC6)cc4)cc3)(CC1)CC2. The Balaban J connectivity index is 0.906. The van der Waals surface area contributed by atoms with Gasteiger partial charge in [0.15, 0.2) is 5.78 Å². The lowest BCUT2D eigenvalue weighted by Crippen LogP contribution is -2.49. The monoisotopic (exact) mass is 578 g/mol. The first-order valence-electron chi connectivity index (χ1n) is 15.4. The summed E-state index contributed by atoms with van der Waals surface area (Å²) in [5.74, 6) is 3.36. The highest BCUT2D eigenvalue weighted by Crippen LogP contribution is 2.56. The highest BCUT2D eigenvalue weighted by Gasteiger charge is 2.50. The largest absolute Gasteiger partial charge is 0.378 e. The topological polar surface area (TPSA) is 35.5 Å². The van der Waals surface area contributed by atoms with Crippen LogP contribution in [0, 0.1) is 0 Å². The van der Waals surface area contributed by atoms with Crippen LogP contribution < -0.4 is 0 Å². The molecule has 4 bridgehead atoms. The van der Waals surface area contributed by atoms with E-state index in [-0.39, 0.29) is 11.2 Å². The Bertz CT molecular complexity index is 1030. The number of rotatable bonds is 12. The molecule has 0 N–H and O–H groups in total. The molecule has 0 amide bonds. The number of thioether (sulfide) groups is 2. The number of benzene rings is 2. The van der Waals surface area contributed by atoms with E-state index < -0.39 is 0 Å². The van der Waals surface area contributed by atoms with Gasteiger partial charge in [0.05, 0.1) is 22.7 Å². The average molecular weight is 579 g/mol. The minimum Gasteiger partial charge on any atom is -0.378 e. The van der Waals surface area contributed by atoms with Crippen LogP contribution >= 0.6 is 23.5 Å². The van der Waals surface area contributed by atoms with Gasteiger partial charge in [0, 0.05) is 25.7 Å². The second kappa shape index (κ2) is 11.8. The first-order chi connectivity index (χ1) is 19.4. The zero-order chi connectivity index (χ0) is 27.7. The maximum atomic E-state index is 12.6. The molecule has 2 aromatic carbocycles. The third kappa shape index (κ3) is 5.70. The van der Waals surface area contributed by atoms with Crippen LogP contribution in [0.3, 0.4) is 0 Å². The predicted octanol–water partition coefficient (Wildman–Crippen LogP) is 8.40. The Morgan fingerprint density at radius 3 is 1.20 bits per heavy atom. The van der Waals surface area contributed by atoms with Crippen molar-refractivity contribution in [3.8, 4) is 0 Å². The summed E-state index contributed by atoms with van der Waals surface area (Å²) in [4.78, 5) is 12.6. The number of carbonyl (C=O) groups excluding carboxylic acids is 1. The fourth-order valence-corrected chi connectivity index (χ4v) is 10.1. The van der Waals surface area contributed by atoms with Crippen LogP contribution in [0.4, 0.5) is 0 Å². The molecule has 40 heavy (non-hydrogen) atoms. The lowest BCUT2D eigenvalue weighted by molar-refractivity contribution is -0.114. The van der Waals surface area contributed by atoms with E-state index in [9.17, 15) is 4.79 Å². The van der Waals surface area contributed by atoms with Crippen molar-refractivity contribution in [1.82, 2.24) is 0 Å². The molecule has 6 aliphatic carbocycles. The van der Waals surface area contributed by atoms with Gasteiger partial charge in [-0.2, -0.15) is 0 Å². The number of hydrogen-bond acceptors (Lipinski definition) is 5. The second-order valence-electron chi connectivity index (χ2n) is 13.3. The molecule has 0 unspecified atom stereocenters. The summed E-state index contributed by atoms with van der Waals surface area (Å²) in [6, 6.07) is 18.6. The van der Waals surface area contributed by atoms with Gasteiger partial charge >= 0.3 is 0 Å². The number of methoxy groups -OCH3 is 2. The molecule has 216 valence electrons. The van der Waals surface area contributed by atoms with Crippen molar-refractivity contribution < 1.29 is 14.3 Å². The van der Waals surface area contributed by atoms with Gasteiger partial charge < -0.3 is 9.47 Å². The van der Waals surface area contributed by atoms with Crippen molar-refractivity contribution in [2.24, 2.45) is 0 Å². The molecule has 6 aliphatic rings. The summed E-state index contributed by atoms with van der Waals surface area (Å²) in [7, 11) is 3.79. The van der Waals surface area contributed by atoms with Gasteiger partial charge in [-0.25, -0.2) is 0 Å². The van der Waals surface area contributed by atoms with Crippen molar-refractivity contribution in [3.63, 3.8) is 0 Å². The number of fused-ring (bicyclic) bond motifs is 6. The predicted molar refractivity (Wildman–Crippen MR) is 168 cm³/mol. The summed E-state index contributed by atoms with van der Waals surface area (Å²) < 4.78 is 11.8. The van der Waals surface area contributed by atoms with Crippen molar-refractivity contribution in [2.75, 3.05) is 25.7 Å². The van der Waals surface area contributed by atoms with Crippen LogP contribution in [0.5, 0.6) is 0 Å². The zero-order valence-electron chi connectivity index (χ0n) is 24.5. The molecular weight excluding hydrogens is 533 g/mol. The van der Waals surface area contributed by atoms with Crippen molar-refractivity contribution in [2.45, 2.75) is 111 Å². The van der Waals surface area contributed by atoms with E-state index >= 15 is 0 Å². The van der Waals surface area contributed by atoms with Gasteiger partial charge in [0.1, 0.15) is 0 Å². The molecule has 5 heteroatoms. The number of ketones is 1. The van der Waals surface area contributed by atoms with E-state index in [1.807, 2.05) is 14.2 Å². The summed E-state index contributed by atoms with van der Waals surface area (Å²) >= 11 is 3.51. The fraction of sp³-hybridized carbons (Fsp3) is 0.629. The highest BCUT2D eigenvalue weighted by molar-refractivity contribution is 8.00. The lowest BCUT2D eigenvalue weighted by Gasteiger charge is -2.53. The van der Waals surface area contributed by atoms with Crippen LogP contribution in [0.25, 0.3) is 0 Å². The van der Waals surface area contributed by atoms with Crippen molar-refractivity contribution in [3.05, 3.63) is 70.8 Å². The van der Waals surface area contributed by atoms with E-state index in [0.717, 1.165) is 11.5 Å². The van der Waals surface area contributed by atoms with Gasteiger partial charge in [-0.1, -0.05) is 48.5 Å². The summed E-state index contributed by atoms with van der Waals surface area (Å²) in [6.07, 6.45) is 14.7. The number of hydrogen-bond donors (Lipinski definition) is 0. The smallest absolute Gasteiger partial charge is 0.152 e. The standard InChI is InChI=1S/C35H46O3S2/c1-37-34-17-11-32(12-18-34,13-19-34)29-7-3-27(4-8-29)23-39-25-31(36)26-40-24-28-5-9-30(10-6-28)33-14-20-35(38-2,21-15-33)22-16-33/h3-10H,11-26H2,1-2H3. The highest BCUT2D eigenvalue weighted by atomic mass is 32.2. The fourth-order valence-electron chi connectivity index (χ4n) is 8.30. The average Bonchev–Trinajstić information content (AvgIpc) is 3.03. The first-order valence-corrected chi connectivity index (χ1v) is 17.7. The van der Waals surface area contributed by atoms with Crippen LogP contribution in [-0.4, -0.2) is 42.7 Å². The molecule has 6 saturated carbocycles. The summed E-state index contributed by atoms with van der Waals surface area (Å²) in [6.45, 7) is 0. The lowest BCUT2D eigenvalue weighted by atomic mass is 9.56. The van der Waals surface area contributed by atoms with Crippen molar-refractivity contribution >= 4 is 29.3 Å². The third-order valence-electron chi connectivity index (χ3n) is 11.4. The van der Waals surface area contributed by atoms with Crippen LogP contribution in [0.1, 0.15) is 99.3 Å². The second-order valence-corrected chi connectivity index (χ2v) is 15.2. The van der Waals surface area contributed by atoms with Crippen LogP contribution in [-0.2, 0) is 36.6 Å². The molecule has 8 rings (SSSR count). The number of carbonyl (C=O) groups is 1. The van der Waals surface area contributed by atoms with Gasteiger partial charge in [-0.05, 0) is 110 Å². The minimum atomic E-state index is 0.163. The van der Waals surface area contributed by atoms with Crippen LogP contribution in [0.2, 0.25) is 0 Å². The Hall–Kier alpha value is -1.27. The molecule has 0 radical (unpaired) electrons. The van der Waals surface area contributed by atoms with Gasteiger partial charge in [-0.15, -0.1) is 23.5 Å². The molecule has 2 aromatic rings. The first kappa shape index (κ1) is 28.8. The molecule has 0 spiro atoms.